The Morgan fingerprint density at radius 2 is 2.00 bits per heavy atom. The van der Waals surface area contributed by atoms with Gasteiger partial charge in [0.25, 0.3) is 0 Å². The lowest BCUT2D eigenvalue weighted by atomic mass is 10.1. The van der Waals surface area contributed by atoms with E-state index in [4.69, 9.17) is 0 Å². The zero-order valence-corrected chi connectivity index (χ0v) is 13.9. The first kappa shape index (κ1) is 16.0. The summed E-state index contributed by atoms with van der Waals surface area (Å²) in [6.45, 7) is 5.24. The number of nitriles is 1. The van der Waals surface area contributed by atoms with Crippen LogP contribution in [-0.4, -0.2) is 28.4 Å². The Balaban J connectivity index is 1.69. The predicted molar refractivity (Wildman–Crippen MR) is 92.3 cm³/mol. The number of nitrogens with one attached hydrogen (secondary N) is 1. The number of hydrogen-bond donors (Lipinski definition) is 1. The number of aryl methyl sites for hydroxylation is 2. The van der Waals surface area contributed by atoms with Crippen molar-refractivity contribution < 1.29 is 4.79 Å². The number of aromatic nitrogens is 1. The minimum atomic E-state index is -0.322. The fourth-order valence-corrected chi connectivity index (χ4v) is 2.87. The van der Waals surface area contributed by atoms with Gasteiger partial charge in [-0.15, -0.1) is 0 Å². The van der Waals surface area contributed by atoms with Gasteiger partial charge >= 0.3 is 0 Å². The topological polar surface area (TPSA) is 69.0 Å². The molecule has 1 saturated heterocycles. The Labute approximate surface area is 141 Å². The first-order valence-electron chi connectivity index (χ1n) is 8.05. The van der Waals surface area contributed by atoms with E-state index in [1.807, 2.05) is 18.7 Å². The van der Waals surface area contributed by atoms with Crippen LogP contribution in [0.4, 0.5) is 5.82 Å². The van der Waals surface area contributed by atoms with Gasteiger partial charge in [-0.3, -0.25) is 4.79 Å². The molecular weight excluding hydrogens is 300 g/mol. The highest BCUT2D eigenvalue weighted by Gasteiger charge is 2.32. The number of carbonyl (C=O) groups excluding carboxylic acids is 1. The van der Waals surface area contributed by atoms with E-state index >= 15 is 0 Å². The third-order valence-electron chi connectivity index (χ3n) is 4.26. The molecule has 1 amide bonds. The second-order valence-electron chi connectivity index (χ2n) is 6.19. The quantitative estimate of drug-likeness (QED) is 0.940. The van der Waals surface area contributed by atoms with Gasteiger partial charge in [0.2, 0.25) is 5.91 Å². The number of hydrogen-bond acceptors (Lipinski definition) is 4. The van der Waals surface area contributed by atoms with Gasteiger partial charge in [0.05, 0.1) is 5.56 Å². The highest BCUT2D eigenvalue weighted by molar-refractivity contribution is 5.86. The molecule has 122 valence electrons. The molecule has 2 heterocycles. The van der Waals surface area contributed by atoms with Crippen molar-refractivity contribution in [1.82, 2.24) is 9.88 Å². The molecule has 1 N–H and O–H groups in total. The Morgan fingerprint density at radius 1 is 1.25 bits per heavy atom. The van der Waals surface area contributed by atoms with Crippen LogP contribution < -0.4 is 5.32 Å². The van der Waals surface area contributed by atoms with E-state index < -0.39 is 0 Å². The van der Waals surface area contributed by atoms with Crippen LogP contribution >= 0.6 is 0 Å². The zero-order valence-electron chi connectivity index (χ0n) is 13.9. The van der Waals surface area contributed by atoms with E-state index in [0.29, 0.717) is 30.9 Å². The Hall–Kier alpha value is -2.87. The Kier molecular flexibility index (Phi) is 4.48. The second kappa shape index (κ2) is 6.71. The molecular formula is C19H20N4O. The van der Waals surface area contributed by atoms with Crippen molar-refractivity contribution in [1.29, 1.82) is 5.26 Å². The first-order chi connectivity index (χ1) is 11.6. The van der Waals surface area contributed by atoms with Gasteiger partial charge in [-0.05, 0) is 38.0 Å². The highest BCUT2D eigenvalue weighted by atomic mass is 16.2. The van der Waals surface area contributed by atoms with Gasteiger partial charge in [-0.1, -0.05) is 29.8 Å². The molecule has 5 heteroatoms. The zero-order chi connectivity index (χ0) is 17.1. The number of nitrogens with zero attached hydrogens (tertiary/aromatic N) is 3. The van der Waals surface area contributed by atoms with Gasteiger partial charge in [-0.25, -0.2) is 4.98 Å². The van der Waals surface area contributed by atoms with E-state index in [1.54, 1.807) is 12.1 Å². The molecule has 1 aliphatic heterocycles. The van der Waals surface area contributed by atoms with Gasteiger partial charge in [0.15, 0.2) is 0 Å². The van der Waals surface area contributed by atoms with Crippen LogP contribution in [0.3, 0.4) is 0 Å². The van der Waals surface area contributed by atoms with Crippen LogP contribution in [0.1, 0.15) is 28.8 Å². The van der Waals surface area contributed by atoms with Crippen LogP contribution in [0.15, 0.2) is 36.4 Å². The lowest BCUT2D eigenvalue weighted by molar-refractivity contribution is -0.128. The highest BCUT2D eigenvalue weighted by Crippen LogP contribution is 2.21. The number of benzene rings is 1. The average Bonchev–Trinajstić information content (AvgIpc) is 2.90. The molecule has 0 spiro atoms. The minimum Gasteiger partial charge on any atom is -0.357 e. The van der Waals surface area contributed by atoms with Crippen molar-refractivity contribution in [3.63, 3.8) is 0 Å². The summed E-state index contributed by atoms with van der Waals surface area (Å²) in [6.07, 6.45) is 0.713. The molecule has 1 unspecified atom stereocenters. The molecule has 1 fully saturated rings. The van der Waals surface area contributed by atoms with Crippen molar-refractivity contribution in [2.75, 3.05) is 11.9 Å². The number of amides is 1. The fourth-order valence-electron chi connectivity index (χ4n) is 2.87. The largest absolute Gasteiger partial charge is 0.357 e. The van der Waals surface area contributed by atoms with Crippen molar-refractivity contribution >= 4 is 11.7 Å². The molecule has 24 heavy (non-hydrogen) atoms. The van der Waals surface area contributed by atoms with E-state index in [0.717, 1.165) is 11.3 Å². The molecule has 1 aromatic carbocycles. The molecule has 5 nitrogen and oxygen atoms in total. The van der Waals surface area contributed by atoms with E-state index in [9.17, 15) is 10.1 Å². The molecule has 1 atom stereocenters. The molecule has 3 rings (SSSR count). The fraction of sp³-hybridized carbons (Fsp3) is 0.316. The third kappa shape index (κ3) is 3.38. The molecule has 1 aromatic heterocycles. The average molecular weight is 320 g/mol. The van der Waals surface area contributed by atoms with E-state index in [1.165, 1.54) is 5.56 Å². The van der Waals surface area contributed by atoms with Gasteiger partial charge in [-0.2, -0.15) is 5.26 Å². The molecule has 1 aliphatic rings. The summed E-state index contributed by atoms with van der Waals surface area (Å²) in [7, 11) is 0. The van der Waals surface area contributed by atoms with Gasteiger partial charge < -0.3 is 10.2 Å². The smallest absolute Gasteiger partial charge is 0.245 e. The SMILES string of the molecule is Cc1ccc(CN2CCC(Nc3nc(C)ccc3C#N)C2=O)cc1. The maximum Gasteiger partial charge on any atom is 0.245 e. The van der Waals surface area contributed by atoms with E-state index in [2.05, 4.69) is 40.6 Å². The molecule has 0 radical (unpaired) electrons. The van der Waals surface area contributed by atoms with Crippen molar-refractivity contribution in [2.45, 2.75) is 32.9 Å². The summed E-state index contributed by atoms with van der Waals surface area (Å²) < 4.78 is 0. The first-order valence-corrected chi connectivity index (χ1v) is 8.05. The van der Waals surface area contributed by atoms with Crippen molar-refractivity contribution in [2.24, 2.45) is 0 Å². The van der Waals surface area contributed by atoms with Crippen molar-refractivity contribution in [3.8, 4) is 6.07 Å². The third-order valence-corrected chi connectivity index (χ3v) is 4.26. The number of likely N-dealkylation sites (tertiary alicyclic amines) is 1. The van der Waals surface area contributed by atoms with E-state index in [-0.39, 0.29) is 11.9 Å². The standard InChI is InChI=1S/C19H20N4O/c1-13-3-6-15(7-4-13)12-23-10-9-17(19(23)24)22-18-16(11-20)8-5-14(2)21-18/h3-8,17H,9-10,12H2,1-2H3,(H,21,22). The minimum absolute atomic E-state index is 0.0581. The normalized spacial score (nSPS) is 17.0. The molecule has 0 saturated carbocycles. The number of pyridine rings is 1. The van der Waals surface area contributed by atoms with Crippen LogP contribution in [0.2, 0.25) is 0 Å². The van der Waals surface area contributed by atoms with Crippen LogP contribution in [0.5, 0.6) is 0 Å². The lowest BCUT2D eigenvalue weighted by Crippen LogP contribution is -2.33. The summed E-state index contributed by atoms with van der Waals surface area (Å²) in [5.41, 5.74) is 3.62. The summed E-state index contributed by atoms with van der Waals surface area (Å²) in [4.78, 5) is 18.8. The molecule has 2 aromatic rings. The summed E-state index contributed by atoms with van der Waals surface area (Å²) in [5, 5.41) is 12.3. The Bertz CT molecular complexity index is 792. The number of carbonyl (C=O) groups is 1. The Morgan fingerprint density at radius 3 is 2.71 bits per heavy atom. The summed E-state index contributed by atoms with van der Waals surface area (Å²) in [5.74, 6) is 0.552. The number of anilines is 1. The predicted octanol–water partition coefficient (Wildman–Crippen LogP) is 2.78. The lowest BCUT2D eigenvalue weighted by Gasteiger charge is -2.18. The maximum atomic E-state index is 12.6. The number of rotatable bonds is 4. The summed E-state index contributed by atoms with van der Waals surface area (Å²) in [6, 6.07) is 13.5. The van der Waals surface area contributed by atoms with Crippen LogP contribution in [0.25, 0.3) is 0 Å². The molecule has 0 bridgehead atoms. The van der Waals surface area contributed by atoms with Crippen LogP contribution in [0, 0.1) is 25.2 Å². The van der Waals surface area contributed by atoms with Gasteiger partial charge in [0.1, 0.15) is 17.9 Å². The van der Waals surface area contributed by atoms with Crippen molar-refractivity contribution in [3.05, 3.63) is 58.8 Å². The van der Waals surface area contributed by atoms with Crippen LogP contribution in [-0.2, 0) is 11.3 Å². The monoisotopic (exact) mass is 320 g/mol. The van der Waals surface area contributed by atoms with Gasteiger partial charge in [0, 0.05) is 18.8 Å². The second-order valence-corrected chi connectivity index (χ2v) is 6.19. The summed E-state index contributed by atoms with van der Waals surface area (Å²) >= 11 is 0. The molecule has 0 aliphatic carbocycles. The maximum absolute atomic E-state index is 12.6.